The van der Waals surface area contributed by atoms with Gasteiger partial charge in [-0.1, -0.05) is 18.6 Å². The molecule has 0 aliphatic rings. The number of unbranched alkanes of at least 4 members (excludes halogenated alkanes) is 2. The van der Waals surface area contributed by atoms with E-state index in [2.05, 4.69) is 13.2 Å². The third-order valence-electron chi connectivity index (χ3n) is 1.63. The average Bonchev–Trinajstić information content (AvgIpc) is 1.99. The summed E-state index contributed by atoms with van der Waals surface area (Å²) in [6.45, 7) is 7.20. The van der Waals surface area contributed by atoms with Crippen LogP contribution in [-0.2, 0) is 0 Å². The first-order valence-electron chi connectivity index (χ1n) is 4.21. The van der Waals surface area contributed by atoms with Crippen LogP contribution in [0.5, 0.6) is 0 Å². The van der Waals surface area contributed by atoms with Gasteiger partial charge >= 0.3 is 0 Å². The monoisotopic (exact) mass is 154 g/mol. The lowest BCUT2D eigenvalue weighted by atomic mass is 10.1. The number of allylic oxidation sites excluding steroid dienone is 1. The molecule has 11 heavy (non-hydrogen) atoms. The molecule has 0 aliphatic heterocycles. The van der Waals surface area contributed by atoms with Gasteiger partial charge in [-0.05, 0) is 25.7 Å². The molecule has 1 N–H and O–H groups in total. The molecule has 0 aromatic rings. The number of hydrogen-bond donors (Lipinski definition) is 1. The van der Waals surface area contributed by atoms with E-state index in [0.717, 1.165) is 25.7 Å². The zero-order chi connectivity index (χ0) is 8.53. The van der Waals surface area contributed by atoms with Crippen molar-refractivity contribution in [2.24, 2.45) is 0 Å². The van der Waals surface area contributed by atoms with Gasteiger partial charge in [-0.25, -0.2) is 0 Å². The van der Waals surface area contributed by atoms with E-state index in [0.29, 0.717) is 6.42 Å². The van der Waals surface area contributed by atoms with E-state index in [-0.39, 0.29) is 6.10 Å². The Labute approximate surface area is 69.4 Å². The minimum atomic E-state index is -0.183. The first-order chi connectivity index (χ1) is 5.31. The Morgan fingerprint density at radius 3 is 2.45 bits per heavy atom. The Bertz CT molecular complexity index is 107. The highest BCUT2D eigenvalue weighted by Gasteiger charge is 1.99. The highest BCUT2D eigenvalue weighted by atomic mass is 16.3. The van der Waals surface area contributed by atoms with E-state index in [1.165, 1.54) is 0 Å². The number of hydrogen-bond acceptors (Lipinski definition) is 1. The van der Waals surface area contributed by atoms with E-state index >= 15 is 0 Å². The molecular formula is C10H18O. The molecule has 0 aliphatic carbocycles. The van der Waals surface area contributed by atoms with Gasteiger partial charge in [0.2, 0.25) is 0 Å². The molecule has 1 heteroatoms. The van der Waals surface area contributed by atoms with E-state index in [4.69, 9.17) is 0 Å². The van der Waals surface area contributed by atoms with Crippen LogP contribution in [0.1, 0.15) is 32.1 Å². The van der Waals surface area contributed by atoms with Crippen LogP contribution in [-0.4, -0.2) is 11.2 Å². The Morgan fingerprint density at radius 2 is 1.91 bits per heavy atom. The molecule has 0 fully saturated rings. The molecule has 0 saturated carbocycles. The largest absolute Gasteiger partial charge is 0.393 e. The van der Waals surface area contributed by atoms with Gasteiger partial charge in [0.15, 0.2) is 0 Å². The predicted octanol–water partition coefficient (Wildman–Crippen LogP) is 2.67. The van der Waals surface area contributed by atoms with E-state index < -0.39 is 0 Å². The molecule has 0 rings (SSSR count). The molecular weight excluding hydrogens is 136 g/mol. The minimum Gasteiger partial charge on any atom is -0.393 e. The number of aliphatic hydroxyl groups excluding tert-OH is 1. The summed E-state index contributed by atoms with van der Waals surface area (Å²) in [5.74, 6) is 0. The van der Waals surface area contributed by atoms with E-state index in [9.17, 15) is 5.11 Å². The van der Waals surface area contributed by atoms with Crippen LogP contribution < -0.4 is 0 Å². The van der Waals surface area contributed by atoms with Gasteiger partial charge in [0, 0.05) is 0 Å². The van der Waals surface area contributed by atoms with Crippen LogP contribution in [0, 0.1) is 0 Å². The smallest absolute Gasteiger partial charge is 0.0574 e. The van der Waals surface area contributed by atoms with Crippen molar-refractivity contribution < 1.29 is 5.11 Å². The van der Waals surface area contributed by atoms with Gasteiger partial charge in [-0.3, -0.25) is 0 Å². The normalized spacial score (nSPS) is 12.5. The molecule has 64 valence electrons. The molecule has 0 saturated heterocycles. The maximum absolute atomic E-state index is 9.25. The van der Waals surface area contributed by atoms with Crippen LogP contribution >= 0.6 is 0 Å². The first-order valence-corrected chi connectivity index (χ1v) is 4.21. The minimum absolute atomic E-state index is 0.183. The molecule has 0 unspecified atom stereocenters. The van der Waals surface area contributed by atoms with Crippen LogP contribution in [0.2, 0.25) is 0 Å². The van der Waals surface area contributed by atoms with E-state index in [1.54, 1.807) is 6.08 Å². The highest BCUT2D eigenvalue weighted by molar-refractivity contribution is 4.72. The summed E-state index contributed by atoms with van der Waals surface area (Å²) in [7, 11) is 0. The van der Waals surface area contributed by atoms with Crippen LogP contribution in [0.25, 0.3) is 0 Å². The van der Waals surface area contributed by atoms with Crippen molar-refractivity contribution in [3.63, 3.8) is 0 Å². The van der Waals surface area contributed by atoms with Gasteiger partial charge < -0.3 is 5.11 Å². The second-order valence-electron chi connectivity index (χ2n) is 2.75. The molecule has 0 spiro atoms. The summed E-state index contributed by atoms with van der Waals surface area (Å²) in [6.07, 6.45) is 8.38. The average molecular weight is 154 g/mol. The van der Waals surface area contributed by atoms with Crippen molar-refractivity contribution in [3.05, 3.63) is 25.3 Å². The van der Waals surface area contributed by atoms with Crippen LogP contribution in [0.15, 0.2) is 25.3 Å². The molecule has 0 aromatic carbocycles. The maximum atomic E-state index is 9.25. The molecule has 0 radical (unpaired) electrons. The van der Waals surface area contributed by atoms with Crippen molar-refractivity contribution in [1.29, 1.82) is 0 Å². The topological polar surface area (TPSA) is 20.2 Å². The predicted molar refractivity (Wildman–Crippen MR) is 49.5 cm³/mol. The lowest BCUT2D eigenvalue weighted by Crippen LogP contribution is -2.03. The summed E-state index contributed by atoms with van der Waals surface area (Å²) < 4.78 is 0. The Hall–Kier alpha value is -0.560. The van der Waals surface area contributed by atoms with Gasteiger partial charge in [0.25, 0.3) is 0 Å². The summed E-state index contributed by atoms with van der Waals surface area (Å²) in [6, 6.07) is 0. The van der Waals surface area contributed by atoms with Crippen LogP contribution in [0.3, 0.4) is 0 Å². The summed E-state index contributed by atoms with van der Waals surface area (Å²) in [5, 5.41) is 9.25. The van der Waals surface area contributed by atoms with Crippen molar-refractivity contribution >= 4 is 0 Å². The Kier molecular flexibility index (Phi) is 7.16. The second kappa shape index (κ2) is 7.55. The lowest BCUT2D eigenvalue weighted by Gasteiger charge is -2.05. The zero-order valence-corrected chi connectivity index (χ0v) is 7.13. The highest BCUT2D eigenvalue weighted by Crippen LogP contribution is 2.06. The van der Waals surface area contributed by atoms with Crippen molar-refractivity contribution in [2.45, 2.75) is 38.2 Å². The second-order valence-corrected chi connectivity index (χ2v) is 2.75. The van der Waals surface area contributed by atoms with Crippen molar-refractivity contribution in [2.75, 3.05) is 0 Å². The fourth-order valence-electron chi connectivity index (χ4n) is 0.979. The van der Waals surface area contributed by atoms with Crippen molar-refractivity contribution in [3.8, 4) is 0 Å². The van der Waals surface area contributed by atoms with Gasteiger partial charge in [-0.2, -0.15) is 0 Å². The third kappa shape index (κ3) is 7.34. The quantitative estimate of drug-likeness (QED) is 0.441. The first kappa shape index (κ1) is 10.4. The SMILES string of the molecule is C=CCCCC[C@H](O)CC=C. The fourth-order valence-corrected chi connectivity index (χ4v) is 0.979. The molecule has 0 aromatic heterocycles. The molecule has 1 nitrogen and oxygen atoms in total. The lowest BCUT2D eigenvalue weighted by molar-refractivity contribution is 0.164. The molecule has 1 atom stereocenters. The van der Waals surface area contributed by atoms with Gasteiger partial charge in [0.1, 0.15) is 0 Å². The summed E-state index contributed by atoms with van der Waals surface area (Å²) >= 11 is 0. The molecule has 0 bridgehead atoms. The Balaban J connectivity index is 3.09. The molecule has 0 amide bonds. The summed E-state index contributed by atoms with van der Waals surface area (Å²) in [5.41, 5.74) is 0. The van der Waals surface area contributed by atoms with E-state index in [1.807, 2.05) is 6.08 Å². The third-order valence-corrected chi connectivity index (χ3v) is 1.63. The Morgan fingerprint density at radius 1 is 1.18 bits per heavy atom. The number of aliphatic hydroxyl groups is 1. The fraction of sp³-hybridized carbons (Fsp3) is 0.600. The number of rotatable bonds is 7. The summed E-state index contributed by atoms with van der Waals surface area (Å²) in [4.78, 5) is 0. The molecule has 0 heterocycles. The zero-order valence-electron chi connectivity index (χ0n) is 7.13. The van der Waals surface area contributed by atoms with Gasteiger partial charge in [-0.15, -0.1) is 13.2 Å². The van der Waals surface area contributed by atoms with Gasteiger partial charge in [0.05, 0.1) is 6.10 Å². The maximum Gasteiger partial charge on any atom is 0.0574 e. The van der Waals surface area contributed by atoms with Crippen molar-refractivity contribution in [1.82, 2.24) is 0 Å². The van der Waals surface area contributed by atoms with Crippen LogP contribution in [0.4, 0.5) is 0 Å². The standard InChI is InChI=1S/C10H18O/c1-3-5-6-7-9-10(11)8-4-2/h3-4,10-11H,1-2,5-9H2/t10-/m1/s1.